The van der Waals surface area contributed by atoms with Gasteiger partial charge in [-0.2, -0.15) is 5.26 Å². The van der Waals surface area contributed by atoms with Crippen molar-refractivity contribution in [2.75, 3.05) is 13.2 Å². The molecule has 0 fully saturated rings. The van der Waals surface area contributed by atoms with E-state index >= 15 is 0 Å². The quantitative estimate of drug-likeness (QED) is 0.815. The molecule has 0 amide bonds. The summed E-state index contributed by atoms with van der Waals surface area (Å²) in [5.74, 6) is 0.719. The summed E-state index contributed by atoms with van der Waals surface area (Å²) in [7, 11) is 0. The Morgan fingerprint density at radius 1 is 1.13 bits per heavy atom. The van der Waals surface area contributed by atoms with Crippen molar-refractivity contribution < 1.29 is 19.0 Å². The molecule has 0 saturated heterocycles. The van der Waals surface area contributed by atoms with Crippen LogP contribution in [0.3, 0.4) is 0 Å². The van der Waals surface area contributed by atoms with Crippen molar-refractivity contribution in [2.45, 2.75) is 13.0 Å². The van der Waals surface area contributed by atoms with Crippen molar-refractivity contribution in [3.8, 4) is 17.6 Å². The summed E-state index contributed by atoms with van der Waals surface area (Å²) in [6.07, 6.45) is 0.805. The van der Waals surface area contributed by atoms with Gasteiger partial charge in [0, 0.05) is 12.0 Å². The first-order chi connectivity index (χ1) is 11.3. The summed E-state index contributed by atoms with van der Waals surface area (Å²) in [5.41, 5.74) is 1.57. The van der Waals surface area contributed by atoms with Crippen molar-refractivity contribution in [2.24, 2.45) is 0 Å². The lowest BCUT2D eigenvalue weighted by molar-refractivity contribution is 0.0472. The topological polar surface area (TPSA) is 68.5 Å². The van der Waals surface area contributed by atoms with E-state index in [0.717, 1.165) is 6.42 Å². The van der Waals surface area contributed by atoms with E-state index in [1.165, 1.54) is 0 Å². The van der Waals surface area contributed by atoms with Crippen LogP contribution in [-0.4, -0.2) is 19.2 Å². The summed E-state index contributed by atoms with van der Waals surface area (Å²) in [4.78, 5) is 12.2. The Labute approximate surface area is 134 Å². The van der Waals surface area contributed by atoms with Gasteiger partial charge in [0.15, 0.2) is 11.5 Å². The van der Waals surface area contributed by atoms with Crippen LogP contribution in [0.4, 0.5) is 0 Å². The number of fused-ring (bicyclic) bond motifs is 1. The molecule has 0 atom stereocenters. The van der Waals surface area contributed by atoms with Crippen molar-refractivity contribution in [3.63, 3.8) is 0 Å². The van der Waals surface area contributed by atoms with Crippen molar-refractivity contribution in [1.29, 1.82) is 5.26 Å². The fraction of sp³-hybridized carbons (Fsp3) is 0.222. The van der Waals surface area contributed by atoms with E-state index in [9.17, 15) is 4.79 Å². The molecule has 0 unspecified atom stereocenters. The maximum Gasteiger partial charge on any atom is 0.338 e. The number of esters is 1. The normalized spacial score (nSPS) is 12.8. The molecule has 0 saturated carbocycles. The minimum atomic E-state index is -0.464. The minimum Gasteiger partial charge on any atom is -0.490 e. The molecule has 5 nitrogen and oxygen atoms in total. The summed E-state index contributed by atoms with van der Waals surface area (Å²) in [6.45, 7) is 1.21. The standard InChI is InChI=1S/C18H15NO4/c19-11-14-4-1-2-5-15(14)12-23-18(20)13-6-7-16-17(10-13)22-9-3-8-21-16/h1-2,4-7,10H,3,8-9,12H2. The Morgan fingerprint density at radius 2 is 1.91 bits per heavy atom. The Balaban J connectivity index is 1.71. The zero-order valence-corrected chi connectivity index (χ0v) is 12.5. The first kappa shape index (κ1) is 14.9. The molecule has 0 spiro atoms. The van der Waals surface area contributed by atoms with Gasteiger partial charge in [-0.25, -0.2) is 4.79 Å². The second-order valence-corrected chi connectivity index (χ2v) is 5.06. The second-order valence-electron chi connectivity index (χ2n) is 5.06. The lowest BCUT2D eigenvalue weighted by atomic mass is 10.1. The third-order valence-electron chi connectivity index (χ3n) is 3.48. The highest BCUT2D eigenvalue weighted by Gasteiger charge is 2.15. The van der Waals surface area contributed by atoms with Gasteiger partial charge in [0.2, 0.25) is 0 Å². The third-order valence-corrected chi connectivity index (χ3v) is 3.48. The lowest BCUT2D eigenvalue weighted by Crippen LogP contribution is -2.06. The van der Waals surface area contributed by atoms with Crippen LogP contribution >= 0.6 is 0 Å². The summed E-state index contributed by atoms with van der Waals surface area (Å²) in [5, 5.41) is 9.04. The first-order valence-electron chi connectivity index (χ1n) is 7.33. The number of hydrogen-bond donors (Lipinski definition) is 0. The number of rotatable bonds is 3. The van der Waals surface area contributed by atoms with Crippen LogP contribution in [0, 0.1) is 11.3 Å². The van der Waals surface area contributed by atoms with E-state index in [1.54, 1.807) is 42.5 Å². The zero-order valence-electron chi connectivity index (χ0n) is 12.5. The van der Waals surface area contributed by atoms with E-state index in [0.29, 0.717) is 41.4 Å². The van der Waals surface area contributed by atoms with Gasteiger partial charge in [-0.3, -0.25) is 0 Å². The molecule has 5 heteroatoms. The molecule has 1 aliphatic heterocycles. The molecular formula is C18H15NO4. The van der Waals surface area contributed by atoms with Crippen LogP contribution in [0.5, 0.6) is 11.5 Å². The number of carbonyl (C=O) groups excluding carboxylic acids is 1. The van der Waals surface area contributed by atoms with Gasteiger partial charge in [0.1, 0.15) is 6.61 Å². The first-order valence-corrected chi connectivity index (χ1v) is 7.33. The number of nitrogens with zero attached hydrogens (tertiary/aromatic N) is 1. The Bertz CT molecular complexity index is 764. The lowest BCUT2D eigenvalue weighted by Gasteiger charge is -2.10. The van der Waals surface area contributed by atoms with Crippen molar-refractivity contribution in [1.82, 2.24) is 0 Å². The Kier molecular flexibility index (Phi) is 4.44. The molecule has 116 valence electrons. The predicted octanol–water partition coefficient (Wildman–Crippen LogP) is 3.08. The maximum absolute atomic E-state index is 12.2. The van der Waals surface area contributed by atoms with Crippen LogP contribution in [-0.2, 0) is 11.3 Å². The number of ether oxygens (including phenoxy) is 3. The van der Waals surface area contributed by atoms with E-state index in [2.05, 4.69) is 6.07 Å². The highest BCUT2D eigenvalue weighted by atomic mass is 16.5. The second kappa shape index (κ2) is 6.84. The van der Waals surface area contributed by atoms with Gasteiger partial charge in [-0.1, -0.05) is 18.2 Å². The molecule has 0 bridgehead atoms. The molecule has 0 radical (unpaired) electrons. The predicted molar refractivity (Wildman–Crippen MR) is 82.3 cm³/mol. The van der Waals surface area contributed by atoms with Gasteiger partial charge in [-0.15, -0.1) is 0 Å². The zero-order chi connectivity index (χ0) is 16.1. The number of benzene rings is 2. The molecule has 0 aliphatic carbocycles. The van der Waals surface area contributed by atoms with Gasteiger partial charge >= 0.3 is 5.97 Å². The minimum absolute atomic E-state index is 0.0526. The maximum atomic E-state index is 12.2. The monoisotopic (exact) mass is 309 g/mol. The van der Waals surface area contributed by atoms with Gasteiger partial charge in [-0.05, 0) is 24.3 Å². The summed E-state index contributed by atoms with van der Waals surface area (Å²) < 4.78 is 16.4. The summed E-state index contributed by atoms with van der Waals surface area (Å²) >= 11 is 0. The van der Waals surface area contributed by atoms with E-state index in [1.807, 2.05) is 0 Å². The van der Waals surface area contributed by atoms with E-state index in [4.69, 9.17) is 19.5 Å². The van der Waals surface area contributed by atoms with E-state index < -0.39 is 5.97 Å². The largest absolute Gasteiger partial charge is 0.490 e. The molecule has 2 aromatic carbocycles. The fourth-order valence-corrected chi connectivity index (χ4v) is 2.27. The molecule has 1 aliphatic rings. The molecule has 0 N–H and O–H groups in total. The van der Waals surface area contributed by atoms with Crippen LogP contribution in [0.2, 0.25) is 0 Å². The third kappa shape index (κ3) is 3.43. The molecule has 2 aromatic rings. The fourth-order valence-electron chi connectivity index (χ4n) is 2.27. The summed E-state index contributed by atoms with van der Waals surface area (Å²) in [6, 6.07) is 14.1. The highest BCUT2D eigenvalue weighted by Crippen LogP contribution is 2.30. The molecule has 3 rings (SSSR count). The number of hydrogen-bond acceptors (Lipinski definition) is 5. The van der Waals surface area contributed by atoms with Crippen molar-refractivity contribution >= 4 is 5.97 Å². The molecule has 23 heavy (non-hydrogen) atoms. The highest BCUT2D eigenvalue weighted by molar-refractivity contribution is 5.90. The van der Waals surface area contributed by atoms with Gasteiger partial charge in [0.05, 0.1) is 30.4 Å². The van der Waals surface area contributed by atoms with Crippen molar-refractivity contribution in [3.05, 3.63) is 59.2 Å². The molecular weight excluding hydrogens is 294 g/mol. The van der Waals surface area contributed by atoms with Gasteiger partial charge in [0.25, 0.3) is 0 Å². The number of nitriles is 1. The molecule has 0 aromatic heterocycles. The average Bonchev–Trinajstić information content (AvgIpc) is 2.84. The molecule has 1 heterocycles. The smallest absolute Gasteiger partial charge is 0.338 e. The van der Waals surface area contributed by atoms with Crippen LogP contribution < -0.4 is 9.47 Å². The SMILES string of the molecule is N#Cc1ccccc1COC(=O)c1ccc2c(c1)OCCCO2. The van der Waals surface area contributed by atoms with Gasteiger partial charge < -0.3 is 14.2 Å². The Morgan fingerprint density at radius 3 is 2.74 bits per heavy atom. The van der Waals surface area contributed by atoms with E-state index in [-0.39, 0.29) is 6.61 Å². The van der Waals surface area contributed by atoms with Crippen LogP contribution in [0.25, 0.3) is 0 Å². The Hall–Kier alpha value is -3.00. The van der Waals surface area contributed by atoms with Crippen LogP contribution in [0.1, 0.15) is 27.9 Å². The number of carbonyl (C=O) groups is 1. The van der Waals surface area contributed by atoms with Crippen LogP contribution in [0.15, 0.2) is 42.5 Å². The average molecular weight is 309 g/mol.